The largest absolute Gasteiger partial charge is 0.359 e. The van der Waals surface area contributed by atoms with Crippen molar-refractivity contribution in [3.05, 3.63) is 12.7 Å². The molecule has 1 aliphatic rings. The molecular formula is C15H26O5. The monoisotopic (exact) mass is 286 g/mol. The molecule has 0 aromatic heterocycles. The van der Waals surface area contributed by atoms with Crippen molar-refractivity contribution < 1.29 is 23.7 Å². The molecule has 0 spiro atoms. The minimum atomic E-state index is -0.576. The highest BCUT2D eigenvalue weighted by atomic mass is 16.7. The Morgan fingerprint density at radius 2 is 1.90 bits per heavy atom. The van der Waals surface area contributed by atoms with Gasteiger partial charge in [0.15, 0.2) is 0 Å². The molecule has 20 heavy (non-hydrogen) atoms. The van der Waals surface area contributed by atoms with Crippen molar-refractivity contribution in [2.24, 2.45) is 11.3 Å². The number of rotatable bonds is 8. The molecule has 5 nitrogen and oxygen atoms in total. The average molecular weight is 286 g/mol. The van der Waals surface area contributed by atoms with Gasteiger partial charge in [-0.2, -0.15) is 0 Å². The van der Waals surface area contributed by atoms with Crippen LogP contribution in [0, 0.1) is 11.3 Å². The van der Waals surface area contributed by atoms with Gasteiger partial charge in [-0.25, -0.2) is 0 Å². The van der Waals surface area contributed by atoms with Crippen LogP contribution in [0.4, 0.5) is 0 Å². The number of methoxy groups -OCH3 is 2. The first-order valence-electron chi connectivity index (χ1n) is 6.80. The smallest absolute Gasteiger partial charge is 0.147 e. The number of hydrogen-bond donors (Lipinski definition) is 0. The SMILES string of the molecule is C=C[C@]1(C)C(OCOC)CC[C@](C)(OCOC)[C@H]1C=O. The van der Waals surface area contributed by atoms with E-state index in [2.05, 4.69) is 6.58 Å². The number of carbonyl (C=O) groups is 1. The second-order valence-electron chi connectivity index (χ2n) is 5.65. The molecule has 0 bridgehead atoms. The van der Waals surface area contributed by atoms with Crippen LogP contribution in [0.25, 0.3) is 0 Å². The molecule has 0 saturated heterocycles. The lowest BCUT2D eigenvalue weighted by molar-refractivity contribution is -0.213. The van der Waals surface area contributed by atoms with Gasteiger partial charge < -0.3 is 23.7 Å². The van der Waals surface area contributed by atoms with E-state index in [0.717, 1.165) is 19.1 Å². The average Bonchev–Trinajstić information content (AvgIpc) is 2.45. The predicted octanol–water partition coefficient (Wildman–Crippen LogP) is 2.16. The van der Waals surface area contributed by atoms with Crippen LogP contribution in [0.1, 0.15) is 26.7 Å². The zero-order chi connectivity index (χ0) is 15.2. The fourth-order valence-corrected chi connectivity index (χ4v) is 3.06. The van der Waals surface area contributed by atoms with E-state index in [4.69, 9.17) is 18.9 Å². The second-order valence-corrected chi connectivity index (χ2v) is 5.65. The minimum absolute atomic E-state index is 0.116. The lowest BCUT2D eigenvalue weighted by atomic mass is 9.60. The maximum Gasteiger partial charge on any atom is 0.147 e. The van der Waals surface area contributed by atoms with Gasteiger partial charge in [-0.05, 0) is 19.8 Å². The Morgan fingerprint density at radius 3 is 2.40 bits per heavy atom. The Balaban J connectivity index is 2.98. The molecule has 0 aromatic rings. The molecule has 0 radical (unpaired) electrons. The highest BCUT2D eigenvalue weighted by Gasteiger charge is 2.53. The summed E-state index contributed by atoms with van der Waals surface area (Å²) in [5.74, 6) is -0.349. The zero-order valence-corrected chi connectivity index (χ0v) is 12.9. The normalized spacial score (nSPS) is 37.6. The topological polar surface area (TPSA) is 54.0 Å². The first-order valence-corrected chi connectivity index (χ1v) is 6.80. The summed E-state index contributed by atoms with van der Waals surface area (Å²) in [4.78, 5) is 11.7. The van der Waals surface area contributed by atoms with Crippen LogP contribution in [0.3, 0.4) is 0 Å². The second kappa shape index (κ2) is 7.31. The van der Waals surface area contributed by atoms with Gasteiger partial charge >= 0.3 is 0 Å². The Bertz CT molecular complexity index is 332. The van der Waals surface area contributed by atoms with E-state index in [1.807, 2.05) is 13.8 Å². The third-order valence-electron chi connectivity index (χ3n) is 4.39. The Morgan fingerprint density at radius 1 is 1.25 bits per heavy atom. The van der Waals surface area contributed by atoms with Gasteiger partial charge in [-0.3, -0.25) is 0 Å². The maximum absolute atomic E-state index is 11.7. The maximum atomic E-state index is 11.7. The zero-order valence-electron chi connectivity index (χ0n) is 12.9. The molecule has 4 atom stereocenters. The Hall–Kier alpha value is -0.750. The van der Waals surface area contributed by atoms with Crippen LogP contribution >= 0.6 is 0 Å². The van der Waals surface area contributed by atoms with E-state index in [1.54, 1.807) is 20.3 Å². The van der Waals surface area contributed by atoms with Crippen LogP contribution in [0.15, 0.2) is 12.7 Å². The van der Waals surface area contributed by atoms with Crippen LogP contribution < -0.4 is 0 Å². The van der Waals surface area contributed by atoms with E-state index in [9.17, 15) is 4.79 Å². The molecule has 1 fully saturated rings. The van der Waals surface area contributed by atoms with Gasteiger partial charge in [0, 0.05) is 19.6 Å². The summed E-state index contributed by atoms with van der Waals surface area (Å²) in [6.45, 7) is 8.18. The van der Waals surface area contributed by atoms with Gasteiger partial charge in [-0.15, -0.1) is 6.58 Å². The van der Waals surface area contributed by atoms with Crippen molar-refractivity contribution in [1.29, 1.82) is 0 Å². The third kappa shape index (κ3) is 3.28. The van der Waals surface area contributed by atoms with E-state index in [1.165, 1.54) is 0 Å². The van der Waals surface area contributed by atoms with Crippen LogP contribution in [0.2, 0.25) is 0 Å². The number of carbonyl (C=O) groups excluding carboxylic acids is 1. The van der Waals surface area contributed by atoms with E-state index in [0.29, 0.717) is 0 Å². The van der Waals surface area contributed by atoms with Crippen molar-refractivity contribution in [2.45, 2.75) is 38.4 Å². The molecule has 116 valence electrons. The van der Waals surface area contributed by atoms with Gasteiger partial charge in [0.2, 0.25) is 0 Å². The number of ether oxygens (including phenoxy) is 4. The molecule has 0 heterocycles. The van der Waals surface area contributed by atoms with Gasteiger partial charge in [-0.1, -0.05) is 13.0 Å². The van der Waals surface area contributed by atoms with Gasteiger partial charge in [0.05, 0.1) is 17.6 Å². The highest BCUT2D eigenvalue weighted by molar-refractivity contribution is 5.59. The molecule has 1 rings (SSSR count). The third-order valence-corrected chi connectivity index (χ3v) is 4.39. The van der Waals surface area contributed by atoms with Crippen molar-refractivity contribution >= 4 is 6.29 Å². The van der Waals surface area contributed by atoms with E-state index in [-0.39, 0.29) is 25.6 Å². The summed E-state index contributed by atoms with van der Waals surface area (Å²) in [7, 11) is 3.15. The Kier molecular flexibility index (Phi) is 6.33. The van der Waals surface area contributed by atoms with E-state index >= 15 is 0 Å². The van der Waals surface area contributed by atoms with Gasteiger partial charge in [0.25, 0.3) is 0 Å². The lowest BCUT2D eigenvalue weighted by Gasteiger charge is -2.51. The number of hydrogen-bond acceptors (Lipinski definition) is 5. The Labute approximate surface area is 121 Å². The molecule has 5 heteroatoms. The molecule has 1 saturated carbocycles. The summed E-state index contributed by atoms with van der Waals surface area (Å²) >= 11 is 0. The molecule has 0 N–H and O–H groups in total. The summed E-state index contributed by atoms with van der Waals surface area (Å²) in [6, 6.07) is 0. The fraction of sp³-hybridized carbons (Fsp3) is 0.800. The molecule has 0 amide bonds. The lowest BCUT2D eigenvalue weighted by Crippen LogP contribution is -2.56. The molecule has 0 aromatic carbocycles. The predicted molar refractivity (Wildman–Crippen MR) is 75.2 cm³/mol. The summed E-state index contributed by atoms with van der Waals surface area (Å²) in [5.41, 5.74) is -1.07. The van der Waals surface area contributed by atoms with Crippen molar-refractivity contribution in [2.75, 3.05) is 27.8 Å². The van der Waals surface area contributed by atoms with Crippen molar-refractivity contribution in [3.8, 4) is 0 Å². The minimum Gasteiger partial charge on any atom is -0.359 e. The van der Waals surface area contributed by atoms with Crippen LogP contribution in [-0.4, -0.2) is 45.8 Å². The van der Waals surface area contributed by atoms with Crippen LogP contribution in [-0.2, 0) is 23.7 Å². The highest BCUT2D eigenvalue weighted by Crippen LogP contribution is 2.49. The van der Waals surface area contributed by atoms with E-state index < -0.39 is 11.0 Å². The first kappa shape index (κ1) is 17.3. The molecule has 1 unspecified atom stereocenters. The first-order chi connectivity index (χ1) is 9.48. The standard InChI is InChI=1S/C15H26O5/c1-6-14(2)12(9-16)15(3,20-11-18-5)8-7-13(14)19-10-17-4/h6,9,12-13H,1,7-8,10-11H2,2-5H3/t12-,13?,14-,15-/m0/s1. The molecule has 1 aliphatic carbocycles. The fourth-order valence-electron chi connectivity index (χ4n) is 3.06. The van der Waals surface area contributed by atoms with Crippen molar-refractivity contribution in [3.63, 3.8) is 0 Å². The quantitative estimate of drug-likeness (QED) is 0.389. The summed E-state index contributed by atoms with van der Waals surface area (Å²) in [5, 5.41) is 0. The summed E-state index contributed by atoms with van der Waals surface area (Å²) in [6.07, 6.45) is 4.11. The summed E-state index contributed by atoms with van der Waals surface area (Å²) < 4.78 is 21.5. The van der Waals surface area contributed by atoms with Crippen molar-refractivity contribution in [1.82, 2.24) is 0 Å². The molecular weight excluding hydrogens is 260 g/mol. The molecule has 0 aliphatic heterocycles. The number of aldehydes is 1. The van der Waals surface area contributed by atoms with Gasteiger partial charge in [0.1, 0.15) is 19.9 Å². The van der Waals surface area contributed by atoms with Crippen LogP contribution in [0.5, 0.6) is 0 Å².